The number of aliphatic hydroxyl groups excluding tert-OH is 1. The SMILES string of the molecule is CCCCOCC1[C@@H](OCCCC)C[C@H](OCCCC)CN1CCO. The minimum atomic E-state index is 0.125. The van der Waals surface area contributed by atoms with E-state index in [4.69, 9.17) is 14.2 Å². The lowest BCUT2D eigenvalue weighted by atomic mass is 9.96. The first-order valence-electron chi connectivity index (χ1n) is 10.4. The van der Waals surface area contributed by atoms with Crippen molar-refractivity contribution in [2.45, 2.75) is 84.0 Å². The number of rotatable bonds is 15. The van der Waals surface area contributed by atoms with E-state index in [9.17, 15) is 5.11 Å². The van der Waals surface area contributed by atoms with Gasteiger partial charge in [0.2, 0.25) is 0 Å². The molecule has 1 aliphatic rings. The maximum absolute atomic E-state index is 9.48. The van der Waals surface area contributed by atoms with Crippen molar-refractivity contribution in [3.05, 3.63) is 0 Å². The van der Waals surface area contributed by atoms with E-state index in [0.717, 1.165) is 71.3 Å². The van der Waals surface area contributed by atoms with Gasteiger partial charge in [0.15, 0.2) is 0 Å². The topological polar surface area (TPSA) is 51.2 Å². The van der Waals surface area contributed by atoms with Gasteiger partial charge in [0, 0.05) is 39.3 Å². The molecule has 1 fully saturated rings. The summed E-state index contributed by atoms with van der Waals surface area (Å²) in [5, 5.41) is 9.48. The predicted octanol–water partition coefficient (Wildman–Crippen LogP) is 3.24. The third-order valence-electron chi connectivity index (χ3n) is 4.83. The summed E-state index contributed by atoms with van der Waals surface area (Å²) in [5.74, 6) is 0. The van der Waals surface area contributed by atoms with Crippen LogP contribution in [-0.2, 0) is 14.2 Å². The first kappa shape index (κ1) is 22.8. The molecule has 1 aliphatic heterocycles. The Morgan fingerprint density at radius 2 is 1.56 bits per heavy atom. The molecule has 1 heterocycles. The van der Waals surface area contributed by atoms with Gasteiger partial charge in [-0.3, -0.25) is 4.90 Å². The zero-order chi connectivity index (χ0) is 18.3. The number of likely N-dealkylation sites (tertiary alicyclic amines) is 1. The van der Waals surface area contributed by atoms with E-state index >= 15 is 0 Å². The standard InChI is InChI=1S/C20H41NO4/c1-4-7-12-23-17-19-20(25-14-9-6-3)15-18(24-13-8-5-2)16-21(19)10-11-22/h18-20,22H,4-17H2,1-3H3/t18-,19?,20-/m0/s1. The molecule has 1 N–H and O–H groups in total. The summed E-state index contributed by atoms with van der Waals surface area (Å²) in [6.07, 6.45) is 7.96. The molecule has 0 bridgehead atoms. The Bertz CT molecular complexity index is 303. The second-order valence-corrected chi connectivity index (χ2v) is 7.06. The molecule has 1 rings (SSSR count). The number of piperidine rings is 1. The van der Waals surface area contributed by atoms with Crippen LogP contribution in [0, 0.1) is 0 Å². The normalized spacial score (nSPS) is 24.7. The molecule has 5 nitrogen and oxygen atoms in total. The average molecular weight is 360 g/mol. The Morgan fingerprint density at radius 1 is 0.920 bits per heavy atom. The molecule has 0 spiro atoms. The van der Waals surface area contributed by atoms with Gasteiger partial charge in [0.25, 0.3) is 0 Å². The molecule has 0 aliphatic carbocycles. The smallest absolute Gasteiger partial charge is 0.0777 e. The Kier molecular flexibility index (Phi) is 13.6. The van der Waals surface area contributed by atoms with E-state index in [0.29, 0.717) is 13.2 Å². The van der Waals surface area contributed by atoms with Crippen molar-refractivity contribution in [3.8, 4) is 0 Å². The van der Waals surface area contributed by atoms with Crippen LogP contribution in [-0.4, -0.2) is 74.4 Å². The highest BCUT2D eigenvalue weighted by molar-refractivity contribution is 4.90. The molecule has 0 aromatic heterocycles. The highest BCUT2D eigenvalue weighted by Crippen LogP contribution is 2.24. The summed E-state index contributed by atoms with van der Waals surface area (Å²) in [6.45, 7) is 11.3. The minimum Gasteiger partial charge on any atom is -0.395 e. The summed E-state index contributed by atoms with van der Waals surface area (Å²) >= 11 is 0. The van der Waals surface area contributed by atoms with Gasteiger partial charge in [0.05, 0.1) is 31.5 Å². The van der Waals surface area contributed by atoms with E-state index < -0.39 is 0 Å². The lowest BCUT2D eigenvalue weighted by molar-refractivity contribution is -0.122. The number of nitrogens with zero attached hydrogens (tertiary/aromatic N) is 1. The summed E-state index contributed by atoms with van der Waals surface area (Å²) in [7, 11) is 0. The van der Waals surface area contributed by atoms with Gasteiger partial charge in [-0.2, -0.15) is 0 Å². The van der Waals surface area contributed by atoms with Crippen molar-refractivity contribution in [2.75, 3.05) is 46.1 Å². The Hall–Kier alpha value is -0.200. The first-order chi connectivity index (χ1) is 12.3. The number of ether oxygens (including phenoxy) is 3. The van der Waals surface area contributed by atoms with Gasteiger partial charge in [-0.25, -0.2) is 0 Å². The first-order valence-corrected chi connectivity index (χ1v) is 10.4. The lowest BCUT2D eigenvalue weighted by Gasteiger charge is -2.44. The monoisotopic (exact) mass is 359 g/mol. The molecule has 3 atom stereocenters. The van der Waals surface area contributed by atoms with Crippen LogP contribution in [0.3, 0.4) is 0 Å². The molecule has 0 aromatic rings. The van der Waals surface area contributed by atoms with E-state index in [1.165, 1.54) is 0 Å². The molecule has 1 unspecified atom stereocenters. The number of hydrogen-bond acceptors (Lipinski definition) is 5. The van der Waals surface area contributed by atoms with Gasteiger partial charge in [-0.15, -0.1) is 0 Å². The quantitative estimate of drug-likeness (QED) is 0.455. The maximum atomic E-state index is 9.48. The molecule has 25 heavy (non-hydrogen) atoms. The summed E-state index contributed by atoms with van der Waals surface area (Å²) in [4.78, 5) is 2.31. The number of aliphatic hydroxyl groups is 1. The van der Waals surface area contributed by atoms with Crippen LogP contribution in [0.2, 0.25) is 0 Å². The molecule has 150 valence electrons. The van der Waals surface area contributed by atoms with Gasteiger partial charge < -0.3 is 19.3 Å². The van der Waals surface area contributed by atoms with E-state index in [1.807, 2.05) is 0 Å². The average Bonchev–Trinajstić information content (AvgIpc) is 2.61. The third-order valence-corrected chi connectivity index (χ3v) is 4.83. The highest BCUT2D eigenvalue weighted by Gasteiger charge is 2.37. The van der Waals surface area contributed by atoms with Crippen LogP contribution >= 0.6 is 0 Å². The minimum absolute atomic E-state index is 0.125. The summed E-state index contributed by atoms with van der Waals surface area (Å²) < 4.78 is 18.2. The molecular formula is C20H41NO4. The molecule has 5 heteroatoms. The second kappa shape index (κ2) is 14.9. The van der Waals surface area contributed by atoms with E-state index in [1.54, 1.807) is 0 Å². The highest BCUT2D eigenvalue weighted by atomic mass is 16.5. The zero-order valence-corrected chi connectivity index (χ0v) is 16.8. The Balaban J connectivity index is 2.64. The zero-order valence-electron chi connectivity index (χ0n) is 16.8. The van der Waals surface area contributed by atoms with Crippen LogP contribution in [0.15, 0.2) is 0 Å². The van der Waals surface area contributed by atoms with Crippen molar-refractivity contribution >= 4 is 0 Å². The van der Waals surface area contributed by atoms with Crippen LogP contribution in [0.5, 0.6) is 0 Å². The predicted molar refractivity (Wildman–Crippen MR) is 102 cm³/mol. The molecule has 0 radical (unpaired) electrons. The Labute approximate surface area is 155 Å². The van der Waals surface area contributed by atoms with Crippen molar-refractivity contribution in [1.82, 2.24) is 4.90 Å². The number of β-amino-alcohol motifs (C(OH)–C–C–N with tert-alkyl or cyclic N) is 1. The maximum Gasteiger partial charge on any atom is 0.0777 e. The van der Waals surface area contributed by atoms with Crippen molar-refractivity contribution < 1.29 is 19.3 Å². The largest absolute Gasteiger partial charge is 0.395 e. The molecule has 0 saturated carbocycles. The van der Waals surface area contributed by atoms with E-state index in [-0.39, 0.29) is 24.9 Å². The van der Waals surface area contributed by atoms with Crippen molar-refractivity contribution in [3.63, 3.8) is 0 Å². The van der Waals surface area contributed by atoms with Crippen molar-refractivity contribution in [2.24, 2.45) is 0 Å². The molecule has 0 aromatic carbocycles. The van der Waals surface area contributed by atoms with Crippen LogP contribution in [0.1, 0.15) is 65.7 Å². The summed E-state index contributed by atoms with van der Waals surface area (Å²) in [5.41, 5.74) is 0. The van der Waals surface area contributed by atoms with Crippen molar-refractivity contribution in [1.29, 1.82) is 0 Å². The van der Waals surface area contributed by atoms with Crippen LogP contribution in [0.4, 0.5) is 0 Å². The number of hydrogen-bond donors (Lipinski definition) is 1. The Morgan fingerprint density at radius 3 is 2.20 bits per heavy atom. The fourth-order valence-electron chi connectivity index (χ4n) is 3.24. The summed E-state index contributed by atoms with van der Waals surface area (Å²) in [6, 6.07) is 0.215. The van der Waals surface area contributed by atoms with E-state index in [2.05, 4.69) is 25.7 Å². The van der Waals surface area contributed by atoms with Gasteiger partial charge in [0.1, 0.15) is 0 Å². The van der Waals surface area contributed by atoms with Crippen LogP contribution < -0.4 is 0 Å². The number of unbranched alkanes of at least 4 members (excludes halogenated alkanes) is 3. The fourth-order valence-corrected chi connectivity index (χ4v) is 3.24. The third kappa shape index (κ3) is 9.34. The van der Waals surface area contributed by atoms with Gasteiger partial charge >= 0.3 is 0 Å². The fraction of sp³-hybridized carbons (Fsp3) is 1.00. The molecule has 1 saturated heterocycles. The van der Waals surface area contributed by atoms with Gasteiger partial charge in [-0.05, 0) is 19.3 Å². The lowest BCUT2D eigenvalue weighted by Crippen LogP contribution is -2.57. The molecule has 0 amide bonds. The second-order valence-electron chi connectivity index (χ2n) is 7.06. The van der Waals surface area contributed by atoms with Crippen LogP contribution in [0.25, 0.3) is 0 Å². The van der Waals surface area contributed by atoms with Gasteiger partial charge in [-0.1, -0.05) is 40.0 Å². The molecular weight excluding hydrogens is 318 g/mol.